The van der Waals surface area contributed by atoms with Crippen LogP contribution in [0.3, 0.4) is 0 Å². The van der Waals surface area contributed by atoms with Crippen molar-refractivity contribution in [2.24, 2.45) is 5.10 Å². The molecule has 8 nitrogen and oxygen atoms in total. The summed E-state index contributed by atoms with van der Waals surface area (Å²) in [4.78, 5) is 26.4. The van der Waals surface area contributed by atoms with Gasteiger partial charge in [-0.1, -0.05) is 60.7 Å². The molecule has 0 aliphatic rings. The van der Waals surface area contributed by atoms with Crippen LogP contribution in [-0.2, 0) is 6.54 Å². The van der Waals surface area contributed by atoms with Gasteiger partial charge in [-0.15, -0.1) is 5.10 Å². The average Bonchev–Trinajstić information content (AvgIpc) is 2.99. The molecule has 3 N–H and O–H groups in total. The molecule has 5 aromatic rings. The predicted molar refractivity (Wildman–Crippen MR) is 150 cm³/mol. The van der Waals surface area contributed by atoms with Crippen molar-refractivity contribution in [1.82, 2.24) is 10.7 Å². The number of anilines is 2. The van der Waals surface area contributed by atoms with Crippen molar-refractivity contribution in [2.75, 3.05) is 12.4 Å². The van der Waals surface area contributed by atoms with Crippen molar-refractivity contribution < 1.29 is 18.7 Å². The van der Waals surface area contributed by atoms with Crippen LogP contribution in [0.2, 0.25) is 0 Å². The molecule has 0 radical (unpaired) electrons. The van der Waals surface area contributed by atoms with Crippen molar-refractivity contribution in [3.63, 3.8) is 0 Å². The summed E-state index contributed by atoms with van der Waals surface area (Å²) >= 11 is 0. The maximum absolute atomic E-state index is 13.2. The first-order valence-corrected chi connectivity index (χ1v) is 12.3. The Kier molecular flexibility index (Phi) is 7.64. The molecule has 2 amide bonds. The molecule has 0 aliphatic heterocycles. The van der Waals surface area contributed by atoms with Gasteiger partial charge < -0.3 is 19.8 Å². The molecule has 5 rings (SSSR count). The minimum atomic E-state index is -0.467. The number of hydrogen-bond acceptors (Lipinski definition) is 6. The van der Waals surface area contributed by atoms with Crippen molar-refractivity contribution >= 4 is 34.2 Å². The van der Waals surface area contributed by atoms with Crippen LogP contribution in [0.4, 0.5) is 11.4 Å². The van der Waals surface area contributed by atoms with E-state index >= 15 is 0 Å². The van der Waals surface area contributed by atoms with Gasteiger partial charge in [-0.05, 0) is 48.0 Å². The Morgan fingerprint density at radius 3 is 2.28 bits per heavy atom. The summed E-state index contributed by atoms with van der Waals surface area (Å²) in [6, 6.07) is 33.1. The minimum Gasteiger partial charge on any atom is -0.497 e. The summed E-state index contributed by atoms with van der Waals surface area (Å²) in [7, 11) is 1.55. The van der Waals surface area contributed by atoms with Crippen molar-refractivity contribution in [1.29, 1.82) is 0 Å². The lowest BCUT2D eigenvalue weighted by molar-refractivity contribution is 0.0933. The third-order valence-corrected chi connectivity index (χ3v) is 5.98. The fourth-order valence-electron chi connectivity index (χ4n) is 3.97. The average molecular weight is 519 g/mol. The molecule has 0 bridgehead atoms. The highest BCUT2D eigenvalue weighted by Crippen LogP contribution is 2.22. The Morgan fingerprint density at radius 2 is 1.51 bits per heavy atom. The van der Waals surface area contributed by atoms with Gasteiger partial charge in [0.15, 0.2) is 0 Å². The SMILES string of the molecule is COc1ccc2cc(C(=O)NCc3ccccc3)/c(=N\NC(=O)c3ccccc3Nc3ccccc3)oc2c1. The summed E-state index contributed by atoms with van der Waals surface area (Å²) in [6.45, 7) is 0.324. The zero-order valence-corrected chi connectivity index (χ0v) is 21.2. The summed E-state index contributed by atoms with van der Waals surface area (Å²) in [5.41, 5.74) is 5.91. The van der Waals surface area contributed by atoms with E-state index in [1.54, 1.807) is 49.6 Å². The maximum Gasteiger partial charge on any atom is 0.273 e. The highest BCUT2D eigenvalue weighted by Gasteiger charge is 2.15. The van der Waals surface area contributed by atoms with Gasteiger partial charge in [0.1, 0.15) is 16.9 Å². The fourth-order valence-corrected chi connectivity index (χ4v) is 3.97. The van der Waals surface area contributed by atoms with Crippen LogP contribution in [0, 0.1) is 0 Å². The Labute approximate surface area is 225 Å². The van der Waals surface area contributed by atoms with Gasteiger partial charge in [0.25, 0.3) is 11.8 Å². The van der Waals surface area contributed by atoms with Crippen molar-refractivity contribution in [3.05, 3.63) is 131 Å². The van der Waals surface area contributed by atoms with Crippen LogP contribution in [0.15, 0.2) is 119 Å². The second-order valence-electron chi connectivity index (χ2n) is 8.63. The fraction of sp³-hybridized carbons (Fsp3) is 0.0645. The Hall–Kier alpha value is -5.37. The van der Waals surface area contributed by atoms with Crippen LogP contribution in [0.25, 0.3) is 11.0 Å². The number of carbonyl (C=O) groups excluding carboxylic acids is 2. The summed E-state index contributed by atoms with van der Waals surface area (Å²) in [5, 5.41) is 11.0. The number of benzene rings is 4. The zero-order chi connectivity index (χ0) is 27.0. The first kappa shape index (κ1) is 25.3. The number of para-hydroxylation sites is 2. The van der Waals surface area contributed by atoms with Crippen molar-refractivity contribution in [2.45, 2.75) is 6.54 Å². The van der Waals surface area contributed by atoms with E-state index in [-0.39, 0.29) is 17.0 Å². The van der Waals surface area contributed by atoms with Crippen LogP contribution >= 0.6 is 0 Å². The molecular formula is C31H26N4O4. The Balaban J connectivity index is 1.46. The molecule has 0 unspecified atom stereocenters. The van der Waals surface area contributed by atoms with E-state index in [1.165, 1.54) is 0 Å². The van der Waals surface area contributed by atoms with E-state index in [9.17, 15) is 9.59 Å². The molecule has 0 atom stereocenters. The third-order valence-electron chi connectivity index (χ3n) is 5.98. The normalized spacial score (nSPS) is 11.2. The maximum atomic E-state index is 13.2. The van der Waals surface area contributed by atoms with Gasteiger partial charge in [0, 0.05) is 23.7 Å². The van der Waals surface area contributed by atoms with Crippen molar-refractivity contribution in [3.8, 4) is 5.75 Å². The number of carbonyl (C=O) groups is 2. The Bertz CT molecular complexity index is 1680. The van der Waals surface area contributed by atoms with Gasteiger partial charge in [0.2, 0.25) is 5.55 Å². The monoisotopic (exact) mass is 518 g/mol. The molecule has 0 aliphatic carbocycles. The number of nitrogens with zero attached hydrogens (tertiary/aromatic N) is 1. The number of methoxy groups -OCH3 is 1. The first-order valence-electron chi connectivity index (χ1n) is 12.3. The highest BCUT2D eigenvalue weighted by atomic mass is 16.5. The van der Waals surface area contributed by atoms with Crippen LogP contribution in [0.5, 0.6) is 5.75 Å². The molecule has 4 aromatic carbocycles. The molecule has 8 heteroatoms. The van der Waals surface area contributed by atoms with E-state index in [0.717, 1.165) is 11.3 Å². The van der Waals surface area contributed by atoms with Gasteiger partial charge in [-0.3, -0.25) is 9.59 Å². The lowest BCUT2D eigenvalue weighted by Crippen LogP contribution is -2.30. The van der Waals surface area contributed by atoms with Crippen LogP contribution < -0.4 is 26.4 Å². The lowest BCUT2D eigenvalue weighted by atomic mass is 10.1. The topological polar surface area (TPSA) is 105 Å². The summed E-state index contributed by atoms with van der Waals surface area (Å²) in [6.07, 6.45) is 0. The smallest absolute Gasteiger partial charge is 0.273 e. The molecule has 39 heavy (non-hydrogen) atoms. The van der Waals surface area contributed by atoms with Gasteiger partial charge >= 0.3 is 0 Å². The van der Waals surface area contributed by atoms with Crippen LogP contribution in [0.1, 0.15) is 26.3 Å². The predicted octanol–water partition coefficient (Wildman–Crippen LogP) is 5.36. The van der Waals surface area contributed by atoms with E-state index in [2.05, 4.69) is 21.2 Å². The van der Waals surface area contributed by atoms with E-state index < -0.39 is 5.91 Å². The summed E-state index contributed by atoms with van der Waals surface area (Å²) < 4.78 is 11.3. The molecule has 194 valence electrons. The molecule has 1 aromatic heterocycles. The third kappa shape index (κ3) is 6.14. The molecular weight excluding hydrogens is 492 g/mol. The number of nitrogens with one attached hydrogen (secondary N) is 3. The lowest BCUT2D eigenvalue weighted by Gasteiger charge is -2.11. The minimum absolute atomic E-state index is 0.0387. The Morgan fingerprint density at radius 1 is 0.795 bits per heavy atom. The summed E-state index contributed by atoms with van der Waals surface area (Å²) in [5.74, 6) is -0.270. The number of hydrogen-bond donors (Lipinski definition) is 3. The molecule has 0 saturated heterocycles. The van der Waals surface area contributed by atoms with Gasteiger partial charge in [-0.2, -0.15) is 0 Å². The van der Waals surface area contributed by atoms with E-state index in [1.807, 2.05) is 66.7 Å². The second kappa shape index (κ2) is 11.8. The molecule has 0 saturated carbocycles. The number of ether oxygens (including phenoxy) is 1. The number of rotatable bonds is 8. The molecule has 1 heterocycles. The molecule has 0 spiro atoms. The van der Waals surface area contributed by atoms with Gasteiger partial charge in [0.05, 0.1) is 18.4 Å². The van der Waals surface area contributed by atoms with Crippen LogP contribution in [-0.4, -0.2) is 18.9 Å². The number of fused-ring (bicyclic) bond motifs is 1. The second-order valence-corrected chi connectivity index (χ2v) is 8.63. The van der Waals surface area contributed by atoms with E-state index in [0.29, 0.717) is 34.5 Å². The quantitative estimate of drug-likeness (QED) is 0.240. The molecule has 0 fully saturated rings. The largest absolute Gasteiger partial charge is 0.497 e. The van der Waals surface area contributed by atoms with Gasteiger partial charge in [-0.25, -0.2) is 5.43 Å². The first-order chi connectivity index (χ1) is 19.1. The number of amides is 2. The standard InChI is InChI=1S/C31H26N4O4/c1-38-24-17-16-22-18-26(29(36)32-20-21-10-4-2-5-11-21)31(39-28(22)19-24)35-34-30(37)25-14-8-9-15-27(25)33-23-12-6-3-7-13-23/h2-19,33H,20H2,1H3,(H,32,36)(H,34,37)/b35-31+. The van der Waals surface area contributed by atoms with E-state index in [4.69, 9.17) is 9.15 Å². The zero-order valence-electron chi connectivity index (χ0n) is 21.2. The highest BCUT2D eigenvalue weighted by molar-refractivity contribution is 6.00.